The molecule has 0 bridgehead atoms. The number of halogens is 2. The van der Waals surface area contributed by atoms with E-state index in [0.29, 0.717) is 32.2 Å². The van der Waals surface area contributed by atoms with Crippen LogP contribution in [-0.2, 0) is 17.1 Å². The lowest BCUT2D eigenvalue weighted by atomic mass is 10.2. The number of anilines is 1. The molecule has 2 aromatic heterocycles. The van der Waals surface area contributed by atoms with Gasteiger partial charge >= 0.3 is 5.76 Å². The number of aromatic amines is 1. The van der Waals surface area contributed by atoms with Crippen LogP contribution in [0, 0.1) is 0 Å². The van der Waals surface area contributed by atoms with Gasteiger partial charge in [-0.3, -0.25) is 9.29 Å². The highest BCUT2D eigenvalue weighted by Crippen LogP contribution is 2.35. The molecule has 10 heteroatoms. The van der Waals surface area contributed by atoms with Crippen LogP contribution in [-0.4, -0.2) is 18.0 Å². The molecular weight excluding hydrogens is 401 g/mol. The van der Waals surface area contributed by atoms with Crippen molar-refractivity contribution < 1.29 is 12.8 Å². The summed E-state index contributed by atoms with van der Waals surface area (Å²) in [5.41, 5.74) is 1.45. The Morgan fingerprint density at radius 3 is 2.69 bits per heavy atom. The number of H-pyrrole nitrogens is 1. The van der Waals surface area contributed by atoms with E-state index in [2.05, 4.69) is 9.71 Å². The molecule has 0 saturated heterocycles. The molecule has 134 valence electrons. The molecule has 2 heterocycles. The van der Waals surface area contributed by atoms with Gasteiger partial charge < -0.3 is 9.40 Å². The highest BCUT2D eigenvalue weighted by molar-refractivity contribution is 7.92. The van der Waals surface area contributed by atoms with Gasteiger partial charge in [-0.1, -0.05) is 23.2 Å². The molecule has 0 aliphatic carbocycles. The molecule has 26 heavy (non-hydrogen) atoms. The monoisotopic (exact) mass is 411 g/mol. The van der Waals surface area contributed by atoms with E-state index in [1.54, 1.807) is 13.1 Å². The van der Waals surface area contributed by atoms with Crippen LogP contribution in [0.5, 0.6) is 0 Å². The van der Waals surface area contributed by atoms with Gasteiger partial charge in [0.15, 0.2) is 5.58 Å². The van der Waals surface area contributed by atoms with Crippen molar-refractivity contribution in [3.63, 3.8) is 0 Å². The van der Waals surface area contributed by atoms with Crippen LogP contribution >= 0.6 is 23.2 Å². The number of aromatic nitrogens is 2. The SMILES string of the molecule is Cn1c(=O)oc2cc(S(=O)(=O)Nc3ccc(Cl)c4c(Cl)c[nH]c34)ccc21. The van der Waals surface area contributed by atoms with Crippen LogP contribution in [0.25, 0.3) is 22.0 Å². The maximum atomic E-state index is 12.8. The summed E-state index contributed by atoms with van der Waals surface area (Å²) in [4.78, 5) is 14.4. The summed E-state index contributed by atoms with van der Waals surface area (Å²) in [5, 5.41) is 1.32. The second-order valence-corrected chi connectivity index (χ2v) is 8.14. The van der Waals surface area contributed by atoms with E-state index in [-0.39, 0.29) is 10.5 Å². The zero-order valence-corrected chi connectivity index (χ0v) is 15.5. The molecule has 0 atom stereocenters. The normalized spacial score (nSPS) is 12.1. The van der Waals surface area contributed by atoms with E-state index < -0.39 is 15.8 Å². The summed E-state index contributed by atoms with van der Waals surface area (Å²) in [7, 11) is -2.39. The first-order valence-corrected chi connectivity index (χ1v) is 9.59. The van der Waals surface area contributed by atoms with E-state index in [0.717, 1.165) is 0 Å². The van der Waals surface area contributed by atoms with Gasteiger partial charge in [0, 0.05) is 24.7 Å². The molecule has 0 unspecified atom stereocenters. The molecule has 0 radical (unpaired) electrons. The maximum absolute atomic E-state index is 12.8. The van der Waals surface area contributed by atoms with E-state index in [1.165, 1.54) is 35.0 Å². The molecule has 4 rings (SSSR count). The minimum absolute atomic E-state index is 0.0416. The fraction of sp³-hybridized carbons (Fsp3) is 0.0625. The van der Waals surface area contributed by atoms with E-state index in [4.69, 9.17) is 27.6 Å². The lowest BCUT2D eigenvalue weighted by molar-refractivity contribution is 0.527. The second-order valence-electron chi connectivity index (χ2n) is 5.64. The molecule has 0 fully saturated rings. The fourth-order valence-electron chi connectivity index (χ4n) is 2.74. The molecule has 0 saturated carbocycles. The second kappa shape index (κ2) is 5.80. The molecular formula is C16H11Cl2N3O4S. The predicted molar refractivity (Wildman–Crippen MR) is 101 cm³/mol. The minimum Gasteiger partial charge on any atom is -0.408 e. The Hall–Kier alpha value is -2.42. The highest BCUT2D eigenvalue weighted by Gasteiger charge is 2.19. The number of oxazole rings is 1. The van der Waals surface area contributed by atoms with E-state index in [9.17, 15) is 13.2 Å². The summed E-state index contributed by atoms with van der Waals surface area (Å²) in [6.45, 7) is 0. The lowest BCUT2D eigenvalue weighted by Crippen LogP contribution is -2.13. The summed E-state index contributed by atoms with van der Waals surface area (Å²) in [5.74, 6) is -0.567. The maximum Gasteiger partial charge on any atom is 0.419 e. The van der Waals surface area contributed by atoms with Crippen LogP contribution in [0.3, 0.4) is 0 Å². The smallest absolute Gasteiger partial charge is 0.408 e. The van der Waals surface area contributed by atoms with Crippen molar-refractivity contribution in [2.45, 2.75) is 4.90 Å². The van der Waals surface area contributed by atoms with Crippen LogP contribution in [0.15, 0.2) is 50.6 Å². The van der Waals surface area contributed by atoms with Crippen LogP contribution < -0.4 is 10.5 Å². The number of hydrogen-bond donors (Lipinski definition) is 2. The molecule has 7 nitrogen and oxygen atoms in total. The van der Waals surface area contributed by atoms with Crippen molar-refractivity contribution in [1.29, 1.82) is 0 Å². The Balaban J connectivity index is 1.81. The first kappa shape index (κ1) is 17.0. The van der Waals surface area contributed by atoms with Gasteiger partial charge in [0.1, 0.15) is 0 Å². The average molecular weight is 412 g/mol. The van der Waals surface area contributed by atoms with Gasteiger partial charge in [-0.25, -0.2) is 13.2 Å². The summed E-state index contributed by atoms with van der Waals surface area (Å²) < 4.78 is 34.4. The number of hydrogen-bond acceptors (Lipinski definition) is 4. The van der Waals surface area contributed by atoms with Crippen LogP contribution in [0.4, 0.5) is 5.69 Å². The van der Waals surface area contributed by atoms with Crippen LogP contribution in [0.1, 0.15) is 0 Å². The number of fused-ring (bicyclic) bond motifs is 2. The third-order valence-electron chi connectivity index (χ3n) is 4.05. The Bertz CT molecular complexity index is 1340. The largest absolute Gasteiger partial charge is 0.419 e. The van der Waals surface area contributed by atoms with E-state index in [1.807, 2.05) is 0 Å². The number of benzene rings is 2. The third-order valence-corrected chi connectivity index (χ3v) is 6.03. The zero-order valence-electron chi connectivity index (χ0n) is 13.2. The number of nitrogens with zero attached hydrogens (tertiary/aromatic N) is 1. The van der Waals surface area contributed by atoms with E-state index >= 15 is 0 Å². The molecule has 0 amide bonds. The molecule has 0 spiro atoms. The Morgan fingerprint density at radius 2 is 1.92 bits per heavy atom. The number of sulfonamides is 1. The van der Waals surface area contributed by atoms with Gasteiger partial charge in [0.25, 0.3) is 10.0 Å². The average Bonchev–Trinajstić information content (AvgIpc) is 3.11. The summed E-state index contributed by atoms with van der Waals surface area (Å²) >= 11 is 12.2. The van der Waals surface area contributed by atoms with Gasteiger partial charge in [-0.2, -0.15) is 0 Å². The number of rotatable bonds is 3. The fourth-order valence-corrected chi connectivity index (χ4v) is 4.38. The quantitative estimate of drug-likeness (QED) is 0.536. The predicted octanol–water partition coefficient (Wildman–Crippen LogP) is 3.72. The Kier molecular flexibility index (Phi) is 3.80. The summed E-state index contributed by atoms with van der Waals surface area (Å²) in [6.07, 6.45) is 1.53. The first-order valence-electron chi connectivity index (χ1n) is 7.35. The zero-order chi connectivity index (χ0) is 18.6. The van der Waals surface area contributed by atoms with Crippen molar-refractivity contribution >= 4 is 60.9 Å². The lowest BCUT2D eigenvalue weighted by Gasteiger charge is -2.10. The van der Waals surface area contributed by atoms with Gasteiger partial charge in [0.2, 0.25) is 0 Å². The van der Waals surface area contributed by atoms with Gasteiger partial charge in [0.05, 0.1) is 31.7 Å². The Morgan fingerprint density at radius 1 is 1.15 bits per heavy atom. The van der Waals surface area contributed by atoms with Crippen molar-refractivity contribution in [3.8, 4) is 0 Å². The molecule has 2 aromatic carbocycles. The van der Waals surface area contributed by atoms with Crippen molar-refractivity contribution in [1.82, 2.24) is 9.55 Å². The Labute approximate surface area is 157 Å². The topological polar surface area (TPSA) is 97.1 Å². The number of aryl methyl sites for hydroxylation is 1. The highest BCUT2D eigenvalue weighted by atomic mass is 35.5. The number of nitrogens with one attached hydrogen (secondary N) is 2. The van der Waals surface area contributed by atoms with Crippen LogP contribution in [0.2, 0.25) is 10.0 Å². The van der Waals surface area contributed by atoms with Crippen molar-refractivity contribution in [2.75, 3.05) is 4.72 Å². The first-order chi connectivity index (χ1) is 12.3. The van der Waals surface area contributed by atoms with Gasteiger partial charge in [-0.15, -0.1) is 0 Å². The van der Waals surface area contributed by atoms with Crippen molar-refractivity contribution in [2.24, 2.45) is 7.05 Å². The minimum atomic E-state index is -3.93. The standard InChI is InChI=1S/C16H11Cl2N3O4S/c1-21-12-5-2-8(6-13(12)25-16(21)22)26(23,24)20-11-4-3-9(17)14-10(18)7-19-15(11)14/h2-7,19-20H,1H3. The van der Waals surface area contributed by atoms with Gasteiger partial charge in [-0.05, 0) is 24.3 Å². The van der Waals surface area contributed by atoms with Crippen molar-refractivity contribution in [3.05, 3.63) is 57.1 Å². The molecule has 0 aliphatic heterocycles. The molecule has 2 N–H and O–H groups in total. The summed E-state index contributed by atoms with van der Waals surface area (Å²) in [6, 6.07) is 7.30. The molecule has 0 aliphatic rings. The third kappa shape index (κ3) is 2.57. The molecule has 4 aromatic rings.